The Bertz CT molecular complexity index is 653. The van der Waals surface area contributed by atoms with Crippen molar-refractivity contribution in [3.05, 3.63) is 77.8 Å². The molecule has 0 fully saturated rings. The minimum absolute atomic E-state index is 0.393. The van der Waals surface area contributed by atoms with Gasteiger partial charge in [-0.25, -0.2) is 0 Å². The van der Waals surface area contributed by atoms with Gasteiger partial charge < -0.3 is 0 Å². The van der Waals surface area contributed by atoms with Crippen LogP contribution in [0.1, 0.15) is 31.7 Å². The molecule has 1 heteroatoms. The van der Waals surface area contributed by atoms with E-state index in [-0.39, 0.29) is 0 Å². The molecule has 0 bridgehead atoms. The summed E-state index contributed by atoms with van der Waals surface area (Å²) in [5, 5.41) is 0. The molecule has 2 aromatic rings. The maximum Gasteiger partial charge on any atom is 0.237 e. The van der Waals surface area contributed by atoms with Gasteiger partial charge in [-0.05, 0) is 12.0 Å². The highest BCUT2D eigenvalue weighted by Gasteiger charge is 2.25. The summed E-state index contributed by atoms with van der Waals surface area (Å²) in [5.41, 5.74) is 5.70. The lowest BCUT2D eigenvalue weighted by Gasteiger charge is -2.19. The smallest absolute Gasteiger partial charge is 0.0907 e. The lowest BCUT2D eigenvalue weighted by Crippen LogP contribution is -2.45. The van der Waals surface area contributed by atoms with Crippen molar-refractivity contribution in [2.45, 2.75) is 26.2 Å². The average molecular weight is 272 g/mol. The molecule has 0 saturated carbocycles. The summed E-state index contributed by atoms with van der Waals surface area (Å²) in [6.45, 7) is 2.66. The first-order valence-corrected chi connectivity index (χ1v) is 7.91. The lowest BCUT2D eigenvalue weighted by molar-refractivity contribution is 0.805. The molecular weight excluding hydrogens is 251 g/mol. The van der Waals surface area contributed by atoms with Gasteiger partial charge in [0.15, 0.2) is 0 Å². The number of benzene rings is 2. The Labute approximate surface area is 128 Å². The zero-order chi connectivity index (χ0) is 14.5. The molecule has 0 atom stereocenters. The molecule has 21 heavy (non-hydrogen) atoms. The molecule has 0 saturated heterocycles. The second-order valence-corrected chi connectivity index (χ2v) is 5.68. The Morgan fingerprint density at radius 1 is 0.905 bits per heavy atom. The summed E-state index contributed by atoms with van der Waals surface area (Å²) >= 11 is 0. The van der Waals surface area contributed by atoms with Crippen LogP contribution >= 0.6 is 0 Å². The molecule has 2 aromatic carbocycles. The first-order chi connectivity index (χ1) is 10.4. The number of fused-ring (bicyclic) bond motifs is 1. The zero-order valence-electron chi connectivity index (χ0n) is 12.6. The van der Waals surface area contributed by atoms with Crippen molar-refractivity contribution in [3.8, 4) is 0 Å². The fourth-order valence-electron chi connectivity index (χ4n) is 3.14. The summed E-state index contributed by atoms with van der Waals surface area (Å²) in [6.07, 6.45) is 10.5. The molecule has 0 unspecified atom stereocenters. The van der Waals surface area contributed by atoms with Crippen LogP contribution in [0, 0.1) is 0 Å². The first-order valence-electron chi connectivity index (χ1n) is 7.91. The molecule has 0 nitrogen and oxygen atoms in total. The average Bonchev–Trinajstić information content (AvgIpc) is 2.72. The molecule has 0 aliphatic carbocycles. The van der Waals surface area contributed by atoms with Crippen molar-refractivity contribution >= 4 is 23.7 Å². The summed E-state index contributed by atoms with van der Waals surface area (Å²) in [7, 11) is 0. The van der Waals surface area contributed by atoms with E-state index in [0.29, 0.717) is 6.71 Å². The van der Waals surface area contributed by atoms with Gasteiger partial charge in [-0.15, -0.1) is 0 Å². The number of unbranched alkanes of at least 4 members (excludes halogenated alkanes) is 1. The topological polar surface area (TPSA) is 0 Å². The van der Waals surface area contributed by atoms with E-state index in [1.54, 1.807) is 0 Å². The van der Waals surface area contributed by atoms with Crippen molar-refractivity contribution < 1.29 is 0 Å². The number of hydrogen-bond acceptors (Lipinski definition) is 0. The molecular formula is C20H21B. The number of allylic oxidation sites excluding steroid dienone is 3. The Morgan fingerprint density at radius 3 is 2.48 bits per heavy atom. The van der Waals surface area contributed by atoms with Crippen molar-refractivity contribution in [3.63, 3.8) is 0 Å². The van der Waals surface area contributed by atoms with Crippen LogP contribution in [-0.4, -0.2) is 6.71 Å². The molecule has 1 aliphatic rings. The van der Waals surface area contributed by atoms with E-state index in [2.05, 4.69) is 79.7 Å². The minimum atomic E-state index is 0.393. The predicted octanol–water partition coefficient (Wildman–Crippen LogP) is 3.98. The summed E-state index contributed by atoms with van der Waals surface area (Å²) in [5.74, 6) is 0. The van der Waals surface area contributed by atoms with Crippen molar-refractivity contribution in [1.82, 2.24) is 0 Å². The summed E-state index contributed by atoms with van der Waals surface area (Å²) in [4.78, 5) is 0. The highest BCUT2D eigenvalue weighted by molar-refractivity contribution is 6.91. The van der Waals surface area contributed by atoms with E-state index >= 15 is 0 Å². The Balaban J connectivity index is 2.09. The maximum absolute atomic E-state index is 2.33. The molecule has 0 N–H and O–H groups in total. The lowest BCUT2D eigenvalue weighted by atomic mass is 9.35. The van der Waals surface area contributed by atoms with Gasteiger partial charge in [0.25, 0.3) is 0 Å². The minimum Gasteiger partial charge on any atom is -0.0907 e. The summed E-state index contributed by atoms with van der Waals surface area (Å²) < 4.78 is 0. The largest absolute Gasteiger partial charge is 0.237 e. The quantitative estimate of drug-likeness (QED) is 0.738. The fourth-order valence-corrected chi connectivity index (χ4v) is 3.14. The van der Waals surface area contributed by atoms with Crippen LogP contribution in [0.15, 0.2) is 72.2 Å². The molecule has 1 aliphatic heterocycles. The van der Waals surface area contributed by atoms with Crippen molar-refractivity contribution in [2.75, 3.05) is 0 Å². The SMILES string of the molecule is CCCCC1=CC=Cc2ccccc2B1c1ccccc1. The van der Waals surface area contributed by atoms with E-state index in [0.717, 1.165) is 0 Å². The second kappa shape index (κ2) is 6.63. The molecule has 104 valence electrons. The van der Waals surface area contributed by atoms with E-state index in [1.165, 1.54) is 41.2 Å². The molecule has 0 spiro atoms. The number of rotatable bonds is 4. The predicted molar refractivity (Wildman–Crippen MR) is 94.5 cm³/mol. The third-order valence-corrected chi connectivity index (χ3v) is 4.22. The third kappa shape index (κ3) is 3.02. The van der Waals surface area contributed by atoms with Crippen LogP contribution < -0.4 is 10.9 Å². The maximum atomic E-state index is 2.33. The van der Waals surface area contributed by atoms with E-state index in [4.69, 9.17) is 0 Å². The van der Waals surface area contributed by atoms with Crippen molar-refractivity contribution in [2.24, 2.45) is 0 Å². The third-order valence-electron chi connectivity index (χ3n) is 4.22. The monoisotopic (exact) mass is 272 g/mol. The molecule has 0 aromatic heterocycles. The van der Waals surface area contributed by atoms with Crippen LogP contribution in [0.25, 0.3) is 6.08 Å². The standard InChI is InChI=1S/C20H21B/c1-2-3-12-18-15-9-11-17-10-7-8-16-20(17)21(18)19-13-5-4-6-14-19/h4-11,13-16H,2-3,12H2,1H3. The van der Waals surface area contributed by atoms with Gasteiger partial charge in [0.05, 0.1) is 0 Å². The van der Waals surface area contributed by atoms with E-state index < -0.39 is 0 Å². The van der Waals surface area contributed by atoms with Gasteiger partial charge in [0.2, 0.25) is 6.71 Å². The fraction of sp³-hybridized carbons (Fsp3) is 0.200. The van der Waals surface area contributed by atoms with Gasteiger partial charge in [0.1, 0.15) is 0 Å². The normalized spacial score (nSPS) is 13.6. The van der Waals surface area contributed by atoms with E-state index in [9.17, 15) is 0 Å². The molecule has 0 radical (unpaired) electrons. The van der Waals surface area contributed by atoms with Gasteiger partial charge in [-0.2, -0.15) is 0 Å². The second-order valence-electron chi connectivity index (χ2n) is 5.68. The van der Waals surface area contributed by atoms with Gasteiger partial charge in [0, 0.05) is 0 Å². The zero-order valence-corrected chi connectivity index (χ0v) is 12.6. The van der Waals surface area contributed by atoms with Crippen LogP contribution in [0.3, 0.4) is 0 Å². The van der Waals surface area contributed by atoms with Gasteiger partial charge in [-0.1, -0.05) is 109 Å². The van der Waals surface area contributed by atoms with Crippen LogP contribution in [-0.2, 0) is 0 Å². The van der Waals surface area contributed by atoms with Crippen LogP contribution in [0.4, 0.5) is 0 Å². The van der Waals surface area contributed by atoms with E-state index in [1.807, 2.05) is 0 Å². The van der Waals surface area contributed by atoms with Gasteiger partial charge >= 0.3 is 0 Å². The highest BCUT2D eigenvalue weighted by Crippen LogP contribution is 2.17. The Kier molecular flexibility index (Phi) is 4.40. The van der Waals surface area contributed by atoms with Crippen molar-refractivity contribution in [1.29, 1.82) is 0 Å². The van der Waals surface area contributed by atoms with Crippen LogP contribution in [0.5, 0.6) is 0 Å². The molecule has 3 rings (SSSR count). The number of hydrogen-bond donors (Lipinski definition) is 0. The Hall–Kier alpha value is -2.02. The molecule has 1 heterocycles. The first kappa shape index (κ1) is 13.9. The van der Waals surface area contributed by atoms with Crippen LogP contribution in [0.2, 0.25) is 0 Å². The van der Waals surface area contributed by atoms with Gasteiger partial charge in [-0.3, -0.25) is 0 Å². The molecule has 0 amide bonds. The highest BCUT2D eigenvalue weighted by atomic mass is 14.1. The Morgan fingerprint density at radius 2 is 1.67 bits per heavy atom. The summed E-state index contributed by atoms with van der Waals surface area (Å²) in [6, 6.07) is 19.7.